The lowest BCUT2D eigenvalue weighted by molar-refractivity contribution is 0.222. The predicted molar refractivity (Wildman–Crippen MR) is 160 cm³/mol. The van der Waals surface area contributed by atoms with Gasteiger partial charge >= 0.3 is 0 Å². The Bertz CT molecular complexity index is 1410. The zero-order chi connectivity index (χ0) is 26.4. The van der Waals surface area contributed by atoms with Crippen molar-refractivity contribution in [3.8, 4) is 17.0 Å². The van der Waals surface area contributed by atoms with Gasteiger partial charge in [0.1, 0.15) is 18.2 Å². The van der Waals surface area contributed by atoms with Gasteiger partial charge in [-0.1, -0.05) is 49.4 Å². The van der Waals surface area contributed by atoms with Crippen molar-refractivity contribution in [2.75, 3.05) is 25.0 Å². The van der Waals surface area contributed by atoms with E-state index in [4.69, 9.17) is 9.72 Å². The summed E-state index contributed by atoms with van der Waals surface area (Å²) in [5.74, 6) is 2.41. The highest BCUT2D eigenvalue weighted by molar-refractivity contribution is 5.74. The van der Waals surface area contributed by atoms with Crippen LogP contribution < -0.4 is 10.1 Å². The summed E-state index contributed by atoms with van der Waals surface area (Å²) in [5, 5.41) is 3.62. The summed E-state index contributed by atoms with van der Waals surface area (Å²) in [4.78, 5) is 12.2. The molecular weight excluding hydrogens is 480 g/mol. The summed E-state index contributed by atoms with van der Waals surface area (Å²) in [5.41, 5.74) is 8.16. The van der Waals surface area contributed by atoms with Crippen LogP contribution in [0.1, 0.15) is 47.9 Å². The molecule has 5 nitrogen and oxygen atoms in total. The smallest absolute Gasteiger partial charge is 0.136 e. The lowest BCUT2D eigenvalue weighted by atomic mass is 9.89. The number of pyridine rings is 1. The second-order valence-corrected chi connectivity index (χ2v) is 10.5. The van der Waals surface area contributed by atoms with Crippen LogP contribution in [0, 0.1) is 0 Å². The first kappa shape index (κ1) is 25.3. The lowest BCUT2D eigenvalue weighted by Crippen LogP contribution is -2.32. The molecule has 1 aromatic heterocycles. The van der Waals surface area contributed by atoms with Gasteiger partial charge in [-0.3, -0.25) is 4.99 Å². The molecule has 198 valence electrons. The number of nitrogens with one attached hydrogen (secondary N) is 1. The maximum absolute atomic E-state index is 5.99. The van der Waals surface area contributed by atoms with E-state index in [2.05, 4.69) is 76.7 Å². The molecule has 3 aromatic carbocycles. The summed E-state index contributed by atoms with van der Waals surface area (Å²) in [6.45, 7) is 7.02. The molecule has 0 saturated carbocycles. The van der Waals surface area contributed by atoms with Crippen LogP contribution >= 0.6 is 0 Å². The van der Waals surface area contributed by atoms with Crippen molar-refractivity contribution in [3.63, 3.8) is 0 Å². The number of ether oxygens (including phenoxy) is 1. The fourth-order valence-electron chi connectivity index (χ4n) is 5.57. The van der Waals surface area contributed by atoms with Crippen molar-refractivity contribution in [2.24, 2.45) is 4.99 Å². The summed E-state index contributed by atoms with van der Waals surface area (Å²) in [6.07, 6.45) is 5.32. The Morgan fingerprint density at radius 2 is 1.69 bits per heavy atom. The molecule has 0 aliphatic carbocycles. The van der Waals surface area contributed by atoms with Crippen molar-refractivity contribution in [3.05, 3.63) is 107 Å². The van der Waals surface area contributed by atoms with E-state index in [0.717, 1.165) is 47.0 Å². The third kappa shape index (κ3) is 6.04. The average Bonchev–Trinajstić information content (AvgIpc) is 3.01. The number of hydrogen-bond donors (Lipinski definition) is 1. The second kappa shape index (κ2) is 11.8. The van der Waals surface area contributed by atoms with E-state index < -0.39 is 0 Å². The molecule has 39 heavy (non-hydrogen) atoms. The van der Waals surface area contributed by atoms with E-state index >= 15 is 0 Å². The van der Waals surface area contributed by atoms with E-state index in [9.17, 15) is 0 Å². The van der Waals surface area contributed by atoms with Gasteiger partial charge in [-0.15, -0.1) is 0 Å². The molecular formula is C34H36N4O. The van der Waals surface area contributed by atoms with E-state index in [1.54, 1.807) is 0 Å². The minimum Gasteiger partial charge on any atom is -0.489 e. The number of aromatic nitrogens is 1. The fourth-order valence-corrected chi connectivity index (χ4v) is 5.57. The lowest BCUT2D eigenvalue weighted by Gasteiger charge is -2.31. The first-order valence-electron chi connectivity index (χ1n) is 14.1. The van der Waals surface area contributed by atoms with Crippen molar-refractivity contribution in [1.29, 1.82) is 0 Å². The van der Waals surface area contributed by atoms with Crippen LogP contribution in [0.5, 0.6) is 5.75 Å². The SMILES string of the molecule is CCN1CCC(c2ccc(Nc3nc(-c4ccc(OCc5ccccc5)cc4)cc4c3CN=CC4)cc2)CC1. The number of likely N-dealkylation sites (tertiary alicyclic amines) is 1. The monoisotopic (exact) mass is 516 g/mol. The molecule has 1 saturated heterocycles. The molecule has 0 unspecified atom stereocenters. The Morgan fingerprint density at radius 3 is 2.44 bits per heavy atom. The van der Waals surface area contributed by atoms with Gasteiger partial charge in [-0.2, -0.15) is 0 Å². The zero-order valence-electron chi connectivity index (χ0n) is 22.6. The number of anilines is 2. The number of aliphatic imine (C=N–C) groups is 1. The van der Waals surface area contributed by atoms with Gasteiger partial charge in [0, 0.05) is 29.4 Å². The standard InChI is InChI=1S/C34H36N4O/c1-2-38-20-17-27(18-21-38)26-8-12-30(13-9-26)36-34-32-23-35-19-16-29(32)22-33(37-34)28-10-14-31(15-11-28)39-24-25-6-4-3-5-7-25/h3-15,19,22,27H,2,16-18,20-21,23-24H2,1H3,(H,36,37). The number of rotatable bonds is 8. The van der Waals surface area contributed by atoms with Crippen molar-refractivity contribution in [1.82, 2.24) is 9.88 Å². The summed E-state index contributed by atoms with van der Waals surface area (Å²) < 4.78 is 5.99. The van der Waals surface area contributed by atoms with Crippen LogP contribution in [0.15, 0.2) is 89.9 Å². The van der Waals surface area contributed by atoms with Gasteiger partial charge < -0.3 is 15.0 Å². The number of benzene rings is 3. The van der Waals surface area contributed by atoms with Crippen LogP contribution in [0.25, 0.3) is 11.3 Å². The quantitative estimate of drug-likeness (QED) is 0.265. The predicted octanol–water partition coefficient (Wildman–Crippen LogP) is 7.40. The maximum atomic E-state index is 5.99. The van der Waals surface area contributed by atoms with E-state index in [0.29, 0.717) is 19.1 Å². The molecule has 6 rings (SSSR count). The number of nitrogens with zero attached hydrogens (tertiary/aromatic N) is 3. The fraction of sp³-hybridized carbons (Fsp3) is 0.294. The first-order chi connectivity index (χ1) is 19.2. The van der Waals surface area contributed by atoms with Gasteiger partial charge in [0.15, 0.2) is 0 Å². The van der Waals surface area contributed by atoms with Crippen molar-refractivity contribution < 1.29 is 4.74 Å². The minimum atomic E-state index is 0.557. The van der Waals surface area contributed by atoms with Crippen LogP contribution in [-0.4, -0.2) is 35.7 Å². The number of fused-ring (bicyclic) bond motifs is 1. The van der Waals surface area contributed by atoms with Crippen LogP contribution in [0.4, 0.5) is 11.5 Å². The zero-order valence-corrected chi connectivity index (χ0v) is 22.6. The van der Waals surface area contributed by atoms with Crippen molar-refractivity contribution >= 4 is 17.7 Å². The maximum Gasteiger partial charge on any atom is 0.136 e. The minimum absolute atomic E-state index is 0.557. The summed E-state index contributed by atoms with van der Waals surface area (Å²) in [6, 6.07) is 29.7. The molecule has 0 radical (unpaired) electrons. The third-order valence-corrected chi connectivity index (χ3v) is 7.98. The average molecular weight is 517 g/mol. The summed E-state index contributed by atoms with van der Waals surface area (Å²) in [7, 11) is 0. The molecule has 3 heterocycles. The Labute approximate surface area is 231 Å². The van der Waals surface area contributed by atoms with Crippen LogP contribution in [0.3, 0.4) is 0 Å². The molecule has 4 aromatic rings. The summed E-state index contributed by atoms with van der Waals surface area (Å²) >= 11 is 0. The molecule has 0 amide bonds. The van der Waals surface area contributed by atoms with Gasteiger partial charge in [0.05, 0.1) is 12.2 Å². The van der Waals surface area contributed by atoms with Gasteiger partial charge in [0.2, 0.25) is 0 Å². The Kier molecular flexibility index (Phi) is 7.68. The highest BCUT2D eigenvalue weighted by atomic mass is 16.5. The largest absolute Gasteiger partial charge is 0.489 e. The van der Waals surface area contributed by atoms with Crippen LogP contribution in [-0.2, 0) is 19.6 Å². The Hall–Kier alpha value is -3.96. The number of hydrogen-bond acceptors (Lipinski definition) is 5. The van der Waals surface area contributed by atoms with E-state index in [1.165, 1.54) is 42.6 Å². The molecule has 1 N–H and O–H groups in total. The highest BCUT2D eigenvalue weighted by Gasteiger charge is 2.20. The molecule has 1 fully saturated rings. The van der Waals surface area contributed by atoms with Gasteiger partial charge in [-0.25, -0.2) is 4.98 Å². The van der Waals surface area contributed by atoms with E-state index in [-0.39, 0.29) is 0 Å². The first-order valence-corrected chi connectivity index (χ1v) is 14.1. The molecule has 5 heteroatoms. The van der Waals surface area contributed by atoms with Crippen molar-refractivity contribution in [2.45, 2.75) is 45.3 Å². The molecule has 0 atom stereocenters. The van der Waals surface area contributed by atoms with Crippen LogP contribution in [0.2, 0.25) is 0 Å². The van der Waals surface area contributed by atoms with E-state index in [1.807, 2.05) is 36.5 Å². The Balaban J connectivity index is 1.18. The molecule has 2 aliphatic heterocycles. The second-order valence-electron chi connectivity index (χ2n) is 10.5. The highest BCUT2D eigenvalue weighted by Crippen LogP contribution is 2.33. The normalized spacial score (nSPS) is 15.6. The Morgan fingerprint density at radius 1 is 0.923 bits per heavy atom. The van der Waals surface area contributed by atoms with Gasteiger partial charge in [0.25, 0.3) is 0 Å². The third-order valence-electron chi connectivity index (χ3n) is 7.98. The number of piperidine rings is 1. The molecule has 2 aliphatic rings. The molecule has 0 spiro atoms. The topological polar surface area (TPSA) is 49.8 Å². The molecule has 0 bridgehead atoms. The van der Waals surface area contributed by atoms with Gasteiger partial charge in [-0.05, 0) is 97.5 Å².